The smallest absolute Gasteiger partial charge is 0.134 e. The van der Waals surface area contributed by atoms with Gasteiger partial charge in [-0.3, -0.25) is 0 Å². The van der Waals surface area contributed by atoms with Gasteiger partial charge in [0.05, 0.1) is 17.3 Å². The minimum atomic E-state index is -0.423. The zero-order chi connectivity index (χ0) is 14.8. The highest BCUT2D eigenvalue weighted by molar-refractivity contribution is 5.78. The molecule has 0 spiro atoms. The molecule has 0 bridgehead atoms. The van der Waals surface area contributed by atoms with Crippen molar-refractivity contribution in [2.45, 2.75) is 13.0 Å². The number of para-hydroxylation sites is 1. The van der Waals surface area contributed by atoms with Gasteiger partial charge in [-0.15, -0.1) is 0 Å². The number of benzene rings is 2. The van der Waals surface area contributed by atoms with Crippen LogP contribution in [0.2, 0.25) is 0 Å². The fourth-order valence-corrected chi connectivity index (χ4v) is 2.26. The number of hydrogen-bond donors (Lipinski definition) is 1. The molecule has 0 aliphatic heterocycles. The Kier molecular flexibility index (Phi) is 3.33. The largest absolute Gasteiger partial charge is 0.459 e. The van der Waals surface area contributed by atoms with Crippen LogP contribution in [0.3, 0.4) is 0 Å². The van der Waals surface area contributed by atoms with Crippen molar-refractivity contribution in [2.75, 3.05) is 5.32 Å². The summed E-state index contributed by atoms with van der Waals surface area (Å²) in [6, 6.07) is 15.7. The lowest BCUT2D eigenvalue weighted by atomic mass is 10.1. The molecule has 0 saturated heterocycles. The molecule has 2 aromatic carbocycles. The molecule has 104 valence electrons. The molecule has 3 aromatic rings. The fraction of sp³-hybridized carbons (Fsp3) is 0.118. The van der Waals surface area contributed by atoms with Crippen molar-refractivity contribution in [3.8, 4) is 6.07 Å². The molecule has 0 amide bonds. The minimum absolute atomic E-state index is 0.130. The first-order valence-corrected chi connectivity index (χ1v) is 6.62. The lowest BCUT2D eigenvalue weighted by Gasteiger charge is -2.14. The van der Waals surface area contributed by atoms with Crippen molar-refractivity contribution in [1.29, 1.82) is 5.26 Å². The standard InChI is InChI=1S/C17H13FN2O/c1-11(17-9-12-4-2-3-5-16(12)21-17)20-15-7-6-14(18)8-13(15)10-19/h2-9,11,20H,1H3. The number of nitrogens with one attached hydrogen (secondary N) is 1. The van der Waals surface area contributed by atoms with E-state index in [0.717, 1.165) is 16.7 Å². The molecule has 3 rings (SSSR count). The summed E-state index contributed by atoms with van der Waals surface area (Å²) in [6.45, 7) is 1.93. The predicted molar refractivity (Wildman–Crippen MR) is 79.4 cm³/mol. The first kappa shape index (κ1) is 13.2. The monoisotopic (exact) mass is 280 g/mol. The Bertz CT molecular complexity index is 799. The normalized spacial score (nSPS) is 12.0. The molecule has 1 heterocycles. The number of nitriles is 1. The number of hydrogen-bond acceptors (Lipinski definition) is 3. The van der Waals surface area contributed by atoms with Crippen LogP contribution in [-0.2, 0) is 0 Å². The highest BCUT2D eigenvalue weighted by Gasteiger charge is 2.13. The summed E-state index contributed by atoms with van der Waals surface area (Å²) >= 11 is 0. The van der Waals surface area contributed by atoms with E-state index in [9.17, 15) is 4.39 Å². The molecule has 4 heteroatoms. The molecular formula is C17H13FN2O. The molecule has 21 heavy (non-hydrogen) atoms. The van der Waals surface area contributed by atoms with E-state index in [1.807, 2.05) is 43.3 Å². The third-order valence-electron chi connectivity index (χ3n) is 3.35. The van der Waals surface area contributed by atoms with E-state index in [2.05, 4.69) is 5.32 Å². The lowest BCUT2D eigenvalue weighted by molar-refractivity contribution is 0.526. The van der Waals surface area contributed by atoms with Crippen LogP contribution in [0.4, 0.5) is 10.1 Å². The van der Waals surface area contributed by atoms with Gasteiger partial charge in [-0.1, -0.05) is 18.2 Å². The number of halogens is 1. The highest BCUT2D eigenvalue weighted by Crippen LogP contribution is 2.27. The first-order chi connectivity index (χ1) is 10.2. The minimum Gasteiger partial charge on any atom is -0.459 e. The van der Waals surface area contributed by atoms with Crippen LogP contribution in [0.15, 0.2) is 52.9 Å². The molecule has 0 radical (unpaired) electrons. The number of furan rings is 1. The van der Waals surface area contributed by atoms with Gasteiger partial charge in [0.15, 0.2) is 0 Å². The van der Waals surface area contributed by atoms with Gasteiger partial charge in [-0.2, -0.15) is 5.26 Å². The van der Waals surface area contributed by atoms with Gasteiger partial charge in [0.2, 0.25) is 0 Å². The Morgan fingerprint density at radius 3 is 2.76 bits per heavy atom. The van der Waals surface area contributed by atoms with Crippen LogP contribution >= 0.6 is 0 Å². The summed E-state index contributed by atoms with van der Waals surface area (Å²) < 4.78 is 18.9. The van der Waals surface area contributed by atoms with Crippen molar-refractivity contribution in [3.63, 3.8) is 0 Å². The van der Waals surface area contributed by atoms with Crippen molar-refractivity contribution in [2.24, 2.45) is 0 Å². The molecule has 3 nitrogen and oxygen atoms in total. The van der Waals surface area contributed by atoms with Crippen LogP contribution in [0.25, 0.3) is 11.0 Å². The Morgan fingerprint density at radius 1 is 1.19 bits per heavy atom. The quantitative estimate of drug-likeness (QED) is 0.761. The zero-order valence-corrected chi connectivity index (χ0v) is 11.4. The summed E-state index contributed by atoms with van der Waals surface area (Å²) in [7, 11) is 0. The van der Waals surface area contributed by atoms with E-state index in [0.29, 0.717) is 5.69 Å². The van der Waals surface area contributed by atoms with E-state index < -0.39 is 5.82 Å². The summed E-state index contributed by atoms with van der Waals surface area (Å²) in [4.78, 5) is 0. The maximum absolute atomic E-state index is 13.1. The SMILES string of the molecule is CC(Nc1ccc(F)cc1C#N)c1cc2ccccc2o1. The van der Waals surface area contributed by atoms with Gasteiger partial charge in [0, 0.05) is 5.39 Å². The summed E-state index contributed by atoms with van der Waals surface area (Å²) in [6.07, 6.45) is 0. The Hall–Kier alpha value is -2.80. The average Bonchev–Trinajstić information content (AvgIpc) is 2.93. The van der Waals surface area contributed by atoms with Gasteiger partial charge < -0.3 is 9.73 Å². The van der Waals surface area contributed by atoms with Crippen molar-refractivity contribution in [1.82, 2.24) is 0 Å². The second-order valence-corrected chi connectivity index (χ2v) is 4.85. The van der Waals surface area contributed by atoms with Gasteiger partial charge in [-0.25, -0.2) is 4.39 Å². The van der Waals surface area contributed by atoms with Crippen molar-refractivity contribution >= 4 is 16.7 Å². The summed E-state index contributed by atoms with van der Waals surface area (Å²) in [5, 5.41) is 13.3. The second kappa shape index (κ2) is 5.29. The Labute approximate surface area is 121 Å². The van der Waals surface area contributed by atoms with Crippen molar-refractivity contribution < 1.29 is 8.81 Å². The summed E-state index contributed by atoms with van der Waals surface area (Å²) in [5.74, 6) is 0.345. The predicted octanol–water partition coefficient (Wildman–Crippen LogP) is 4.62. The van der Waals surface area contributed by atoms with E-state index in [1.54, 1.807) is 6.07 Å². The molecule has 1 N–H and O–H groups in total. The van der Waals surface area contributed by atoms with Crippen LogP contribution in [-0.4, -0.2) is 0 Å². The number of fused-ring (bicyclic) bond motifs is 1. The van der Waals surface area contributed by atoms with Gasteiger partial charge in [-0.05, 0) is 37.3 Å². The number of nitrogens with zero attached hydrogens (tertiary/aromatic N) is 1. The fourth-order valence-electron chi connectivity index (χ4n) is 2.26. The first-order valence-electron chi connectivity index (χ1n) is 6.62. The zero-order valence-electron chi connectivity index (χ0n) is 11.4. The van der Waals surface area contributed by atoms with Gasteiger partial charge >= 0.3 is 0 Å². The average molecular weight is 280 g/mol. The highest BCUT2D eigenvalue weighted by atomic mass is 19.1. The van der Waals surface area contributed by atoms with Crippen molar-refractivity contribution in [3.05, 3.63) is 65.7 Å². The van der Waals surface area contributed by atoms with Crippen LogP contribution in [0.5, 0.6) is 0 Å². The molecule has 1 unspecified atom stereocenters. The topological polar surface area (TPSA) is 49.0 Å². The molecule has 0 saturated carbocycles. The van der Waals surface area contributed by atoms with Gasteiger partial charge in [0.25, 0.3) is 0 Å². The van der Waals surface area contributed by atoms with E-state index in [4.69, 9.17) is 9.68 Å². The summed E-state index contributed by atoms with van der Waals surface area (Å²) in [5.41, 5.74) is 1.69. The molecule has 0 aliphatic carbocycles. The number of anilines is 1. The van der Waals surface area contributed by atoms with E-state index >= 15 is 0 Å². The van der Waals surface area contributed by atoms with Crippen LogP contribution in [0, 0.1) is 17.1 Å². The third kappa shape index (κ3) is 2.59. The molecule has 0 fully saturated rings. The molecular weight excluding hydrogens is 267 g/mol. The van der Waals surface area contributed by atoms with E-state index in [-0.39, 0.29) is 11.6 Å². The maximum atomic E-state index is 13.1. The third-order valence-corrected chi connectivity index (χ3v) is 3.35. The van der Waals surface area contributed by atoms with Gasteiger partial charge in [0.1, 0.15) is 23.2 Å². The molecule has 0 aliphatic rings. The molecule has 1 atom stereocenters. The second-order valence-electron chi connectivity index (χ2n) is 4.85. The van der Waals surface area contributed by atoms with E-state index in [1.165, 1.54) is 12.1 Å². The lowest BCUT2D eigenvalue weighted by Crippen LogP contribution is -2.07. The Balaban J connectivity index is 1.89. The maximum Gasteiger partial charge on any atom is 0.134 e. The number of rotatable bonds is 3. The van der Waals surface area contributed by atoms with Crippen LogP contribution < -0.4 is 5.32 Å². The van der Waals surface area contributed by atoms with Crippen LogP contribution in [0.1, 0.15) is 24.3 Å². The molecule has 1 aromatic heterocycles. The Morgan fingerprint density at radius 2 is 2.00 bits per heavy atom.